The van der Waals surface area contributed by atoms with Gasteiger partial charge < -0.3 is 14.8 Å². The van der Waals surface area contributed by atoms with E-state index < -0.39 is 0 Å². The molecule has 148 valence electrons. The number of tetrazole rings is 1. The van der Waals surface area contributed by atoms with Crippen molar-refractivity contribution in [2.75, 3.05) is 11.9 Å². The number of hydrogen-bond acceptors (Lipinski definition) is 7. The summed E-state index contributed by atoms with van der Waals surface area (Å²) in [5.74, 6) is 2.02. The summed E-state index contributed by atoms with van der Waals surface area (Å²) in [5.41, 5.74) is 1.97. The Balaban J connectivity index is 1.66. The number of halogens is 1. The number of hydrogen-bond donors (Lipinski definition) is 1. The van der Waals surface area contributed by atoms with E-state index in [0.717, 1.165) is 24.1 Å². The first-order chi connectivity index (χ1) is 13.7. The molecule has 0 saturated carbocycles. The molecule has 2 aromatic heterocycles. The third-order valence-electron chi connectivity index (χ3n) is 3.91. The molecule has 8 nitrogen and oxygen atoms in total. The minimum atomic E-state index is 0.383. The molecular formula is C19H23ClN6O2. The van der Waals surface area contributed by atoms with Gasteiger partial charge in [0.1, 0.15) is 11.8 Å². The van der Waals surface area contributed by atoms with Crippen LogP contribution in [0.4, 0.5) is 5.95 Å². The standard InChI is InChI=1S/C19H23ClN6O2/c1-3-9-26-19(23-24-25-26)22-11-14-5-7-16(17(10-14)27-4-2)28-13-15-6-8-18(20)21-12-15/h5-8,10,12H,3-4,9,11,13H2,1-2H3,(H,22,23,25). The van der Waals surface area contributed by atoms with Crippen LogP contribution in [0.1, 0.15) is 31.4 Å². The van der Waals surface area contributed by atoms with E-state index >= 15 is 0 Å². The zero-order chi connectivity index (χ0) is 19.8. The van der Waals surface area contributed by atoms with Crippen molar-refractivity contribution in [2.24, 2.45) is 0 Å². The van der Waals surface area contributed by atoms with Gasteiger partial charge in [-0.25, -0.2) is 9.67 Å². The minimum absolute atomic E-state index is 0.383. The van der Waals surface area contributed by atoms with E-state index in [9.17, 15) is 0 Å². The Morgan fingerprint density at radius 3 is 2.68 bits per heavy atom. The Hall–Kier alpha value is -2.87. The minimum Gasteiger partial charge on any atom is -0.490 e. The van der Waals surface area contributed by atoms with Crippen molar-refractivity contribution in [1.82, 2.24) is 25.2 Å². The number of nitrogens with one attached hydrogen (secondary N) is 1. The molecule has 0 unspecified atom stereocenters. The van der Waals surface area contributed by atoms with Crippen LogP contribution in [0, 0.1) is 0 Å². The molecule has 0 aliphatic rings. The first-order valence-electron chi connectivity index (χ1n) is 9.18. The van der Waals surface area contributed by atoms with Crippen molar-refractivity contribution in [3.63, 3.8) is 0 Å². The Kier molecular flexibility index (Phi) is 7.02. The molecular weight excluding hydrogens is 380 g/mol. The smallest absolute Gasteiger partial charge is 0.243 e. The van der Waals surface area contributed by atoms with Gasteiger partial charge in [-0.2, -0.15) is 0 Å². The number of anilines is 1. The molecule has 0 atom stereocenters. The zero-order valence-electron chi connectivity index (χ0n) is 15.9. The van der Waals surface area contributed by atoms with Crippen molar-refractivity contribution in [3.05, 3.63) is 52.8 Å². The number of aryl methyl sites for hydroxylation is 1. The number of benzene rings is 1. The predicted molar refractivity (Wildman–Crippen MR) is 107 cm³/mol. The number of ether oxygens (including phenoxy) is 2. The highest BCUT2D eigenvalue weighted by molar-refractivity contribution is 6.29. The van der Waals surface area contributed by atoms with Crippen LogP contribution in [0.2, 0.25) is 5.15 Å². The Bertz CT molecular complexity index is 884. The molecule has 3 rings (SSSR count). The molecule has 0 aliphatic carbocycles. The third-order valence-corrected chi connectivity index (χ3v) is 4.13. The van der Waals surface area contributed by atoms with Crippen molar-refractivity contribution < 1.29 is 9.47 Å². The fraction of sp³-hybridized carbons (Fsp3) is 0.368. The van der Waals surface area contributed by atoms with Gasteiger partial charge in [-0.15, -0.1) is 0 Å². The average molecular weight is 403 g/mol. The Labute approximate surface area is 168 Å². The molecule has 0 fully saturated rings. The van der Waals surface area contributed by atoms with Gasteiger partial charge in [-0.05, 0) is 47.5 Å². The van der Waals surface area contributed by atoms with Crippen LogP contribution in [0.25, 0.3) is 0 Å². The molecule has 0 bridgehead atoms. The summed E-state index contributed by atoms with van der Waals surface area (Å²) in [7, 11) is 0. The zero-order valence-corrected chi connectivity index (χ0v) is 16.7. The van der Waals surface area contributed by atoms with Crippen molar-refractivity contribution in [2.45, 2.75) is 40.0 Å². The van der Waals surface area contributed by atoms with Crippen LogP contribution < -0.4 is 14.8 Å². The Morgan fingerprint density at radius 2 is 1.93 bits per heavy atom. The predicted octanol–water partition coefficient (Wildman–Crippen LogP) is 3.72. The summed E-state index contributed by atoms with van der Waals surface area (Å²) in [6, 6.07) is 9.47. The van der Waals surface area contributed by atoms with Gasteiger partial charge in [-0.3, -0.25) is 0 Å². The second-order valence-corrected chi connectivity index (χ2v) is 6.46. The molecule has 1 N–H and O–H groups in total. The van der Waals surface area contributed by atoms with E-state index in [2.05, 4.69) is 32.7 Å². The van der Waals surface area contributed by atoms with E-state index in [0.29, 0.717) is 42.4 Å². The molecule has 0 amide bonds. The molecule has 0 aliphatic heterocycles. The van der Waals surface area contributed by atoms with Gasteiger partial charge in [0.2, 0.25) is 5.95 Å². The topological polar surface area (TPSA) is 87.0 Å². The third kappa shape index (κ3) is 5.32. The van der Waals surface area contributed by atoms with Crippen LogP contribution in [-0.4, -0.2) is 31.8 Å². The first kappa shape index (κ1) is 19.9. The quantitative estimate of drug-likeness (QED) is 0.517. The normalized spacial score (nSPS) is 10.7. The molecule has 0 radical (unpaired) electrons. The first-order valence-corrected chi connectivity index (χ1v) is 9.56. The second-order valence-electron chi connectivity index (χ2n) is 6.07. The summed E-state index contributed by atoms with van der Waals surface area (Å²) in [6.07, 6.45) is 2.66. The van der Waals surface area contributed by atoms with Crippen molar-refractivity contribution in [3.8, 4) is 11.5 Å². The van der Waals surface area contributed by atoms with Gasteiger partial charge >= 0.3 is 0 Å². The van der Waals surface area contributed by atoms with Crippen LogP contribution in [0.3, 0.4) is 0 Å². The lowest BCUT2D eigenvalue weighted by molar-refractivity contribution is 0.269. The number of aromatic nitrogens is 5. The maximum atomic E-state index is 5.91. The lowest BCUT2D eigenvalue weighted by atomic mass is 10.2. The van der Waals surface area contributed by atoms with E-state index in [1.54, 1.807) is 16.9 Å². The van der Waals surface area contributed by atoms with E-state index in [1.165, 1.54) is 0 Å². The number of rotatable bonds is 10. The largest absolute Gasteiger partial charge is 0.490 e. The maximum absolute atomic E-state index is 5.91. The summed E-state index contributed by atoms with van der Waals surface area (Å²) in [5, 5.41) is 15.4. The van der Waals surface area contributed by atoms with Crippen LogP contribution in [0.15, 0.2) is 36.5 Å². The number of pyridine rings is 1. The van der Waals surface area contributed by atoms with Crippen LogP contribution >= 0.6 is 11.6 Å². The fourth-order valence-corrected chi connectivity index (χ4v) is 2.69. The molecule has 28 heavy (non-hydrogen) atoms. The summed E-state index contributed by atoms with van der Waals surface area (Å²) in [6.45, 7) is 6.30. The fourth-order valence-electron chi connectivity index (χ4n) is 2.58. The van der Waals surface area contributed by atoms with E-state index in [4.69, 9.17) is 21.1 Å². The molecule has 9 heteroatoms. The molecule has 1 aromatic carbocycles. The van der Waals surface area contributed by atoms with Gasteiger partial charge in [-0.1, -0.05) is 35.8 Å². The SMILES string of the molecule is CCCn1nnnc1NCc1ccc(OCc2ccc(Cl)nc2)c(OCC)c1. The molecule has 3 aromatic rings. The maximum Gasteiger partial charge on any atom is 0.243 e. The highest BCUT2D eigenvalue weighted by Crippen LogP contribution is 2.29. The molecule has 2 heterocycles. The average Bonchev–Trinajstić information content (AvgIpc) is 3.14. The van der Waals surface area contributed by atoms with E-state index in [-0.39, 0.29) is 0 Å². The second kappa shape index (κ2) is 9.89. The van der Waals surface area contributed by atoms with Gasteiger partial charge in [0.05, 0.1) is 6.61 Å². The highest BCUT2D eigenvalue weighted by atomic mass is 35.5. The lowest BCUT2D eigenvalue weighted by Gasteiger charge is -2.14. The number of nitrogens with zero attached hydrogens (tertiary/aromatic N) is 5. The van der Waals surface area contributed by atoms with Gasteiger partial charge in [0.15, 0.2) is 11.5 Å². The molecule has 0 saturated heterocycles. The monoisotopic (exact) mass is 402 g/mol. The van der Waals surface area contributed by atoms with Crippen molar-refractivity contribution >= 4 is 17.5 Å². The Morgan fingerprint density at radius 1 is 1.07 bits per heavy atom. The van der Waals surface area contributed by atoms with Gasteiger partial charge in [0.25, 0.3) is 0 Å². The van der Waals surface area contributed by atoms with Crippen LogP contribution in [0.5, 0.6) is 11.5 Å². The summed E-state index contributed by atoms with van der Waals surface area (Å²) >= 11 is 5.82. The highest BCUT2D eigenvalue weighted by Gasteiger charge is 2.09. The van der Waals surface area contributed by atoms with E-state index in [1.807, 2.05) is 31.2 Å². The van der Waals surface area contributed by atoms with Crippen LogP contribution in [-0.2, 0) is 19.7 Å². The molecule has 0 spiro atoms. The summed E-state index contributed by atoms with van der Waals surface area (Å²) in [4.78, 5) is 4.06. The summed E-state index contributed by atoms with van der Waals surface area (Å²) < 4.78 is 13.4. The lowest BCUT2D eigenvalue weighted by Crippen LogP contribution is -2.09. The van der Waals surface area contributed by atoms with Crippen molar-refractivity contribution in [1.29, 1.82) is 0 Å². The van der Waals surface area contributed by atoms with Gasteiger partial charge in [0, 0.05) is 24.8 Å².